The Morgan fingerprint density at radius 2 is 1.68 bits per heavy atom. The summed E-state index contributed by atoms with van der Waals surface area (Å²) in [5.74, 6) is 0.363. The van der Waals surface area contributed by atoms with E-state index in [4.69, 9.17) is 4.74 Å². The van der Waals surface area contributed by atoms with Gasteiger partial charge in [-0.05, 0) is 70.3 Å². The number of rotatable bonds is 8. The Morgan fingerprint density at radius 3 is 2.30 bits per heavy atom. The number of hydrogen-bond donors (Lipinski definition) is 2. The summed E-state index contributed by atoms with van der Waals surface area (Å²) in [5.41, 5.74) is 4.67. The van der Waals surface area contributed by atoms with E-state index in [9.17, 15) is 18.0 Å². The zero-order valence-corrected chi connectivity index (χ0v) is 23.6. The largest absolute Gasteiger partial charge is 0.489 e. The first-order chi connectivity index (χ1) is 19.1. The number of ether oxygens (including phenoxy) is 1. The van der Waals surface area contributed by atoms with Crippen LogP contribution in [0.2, 0.25) is 0 Å². The normalized spacial score (nSPS) is 17.8. The number of hydrogen-bond acceptors (Lipinski definition) is 7. The lowest BCUT2D eigenvalue weighted by atomic mass is 10.0. The van der Waals surface area contributed by atoms with Crippen molar-refractivity contribution in [2.75, 3.05) is 11.9 Å². The summed E-state index contributed by atoms with van der Waals surface area (Å²) < 4.78 is 32.8. The van der Waals surface area contributed by atoms with E-state index in [0.29, 0.717) is 28.3 Å². The molecule has 0 aliphatic carbocycles. The van der Waals surface area contributed by atoms with Gasteiger partial charge in [-0.15, -0.1) is 0 Å². The highest BCUT2D eigenvalue weighted by Gasteiger charge is 2.33. The second kappa shape index (κ2) is 11.7. The van der Waals surface area contributed by atoms with E-state index in [-0.39, 0.29) is 19.0 Å². The molecule has 2 aliphatic rings. The van der Waals surface area contributed by atoms with Gasteiger partial charge in [0, 0.05) is 12.2 Å². The van der Waals surface area contributed by atoms with Crippen molar-refractivity contribution in [2.45, 2.75) is 32.9 Å². The molecule has 0 bridgehead atoms. The van der Waals surface area contributed by atoms with Gasteiger partial charge >= 0.3 is 10.2 Å². The van der Waals surface area contributed by atoms with Gasteiger partial charge in [0.1, 0.15) is 12.4 Å². The maximum absolute atomic E-state index is 12.5. The number of aliphatic imine (C=N–C) groups is 1. The Balaban J connectivity index is 1.14. The average molecular weight is 577 g/mol. The van der Waals surface area contributed by atoms with Gasteiger partial charge in [-0.25, -0.2) is 4.72 Å². The molecule has 0 spiro atoms. The maximum atomic E-state index is 12.5. The van der Waals surface area contributed by atoms with Crippen molar-refractivity contribution in [2.24, 2.45) is 4.99 Å². The predicted molar refractivity (Wildman–Crippen MR) is 157 cm³/mol. The summed E-state index contributed by atoms with van der Waals surface area (Å²) >= 11 is 1.24. The predicted octanol–water partition coefficient (Wildman–Crippen LogP) is 4.65. The third kappa shape index (κ3) is 6.79. The minimum Gasteiger partial charge on any atom is -0.489 e. The van der Waals surface area contributed by atoms with Crippen molar-refractivity contribution in [1.82, 2.24) is 9.03 Å². The third-order valence-corrected chi connectivity index (χ3v) is 8.64. The summed E-state index contributed by atoms with van der Waals surface area (Å²) in [7, 11) is -3.78. The molecule has 2 aliphatic heterocycles. The fraction of sp³-hybridized carbons (Fsp3) is 0.207. The van der Waals surface area contributed by atoms with E-state index >= 15 is 0 Å². The number of anilines is 1. The van der Waals surface area contributed by atoms with E-state index in [1.807, 2.05) is 29.0 Å². The van der Waals surface area contributed by atoms with Gasteiger partial charge < -0.3 is 10.1 Å². The van der Waals surface area contributed by atoms with Crippen molar-refractivity contribution in [1.29, 1.82) is 0 Å². The highest BCUT2D eigenvalue weighted by Crippen LogP contribution is 2.30. The first-order valence-electron chi connectivity index (χ1n) is 12.7. The van der Waals surface area contributed by atoms with Crippen LogP contribution in [0.4, 0.5) is 5.69 Å². The zero-order valence-electron chi connectivity index (χ0n) is 22.0. The Labute approximate surface area is 237 Å². The van der Waals surface area contributed by atoms with Gasteiger partial charge in [-0.2, -0.15) is 17.7 Å². The number of nitrogens with one attached hydrogen (secondary N) is 2. The van der Waals surface area contributed by atoms with Crippen molar-refractivity contribution in [3.05, 3.63) is 100.0 Å². The molecule has 11 heteroatoms. The lowest BCUT2D eigenvalue weighted by molar-refractivity contribution is -0.118. The standard InChI is InChI=1S/C29H28N4O5S2/c1-19(2)23-9-3-22(4-10-23)18-38-25-13-7-20(8-14-25)15-26-28(35)31-29(39-26)30-24-11-5-21(6-12-24)16-33-17-27(34)32-40(33,36)37/h3-15,19H,16-18H2,1-2H3,(H,32,34)(H,30,31,35). The molecule has 0 atom stereocenters. The molecule has 0 unspecified atom stereocenters. The summed E-state index contributed by atoms with van der Waals surface area (Å²) in [6.45, 7) is 4.70. The third-order valence-electron chi connectivity index (χ3n) is 6.32. The van der Waals surface area contributed by atoms with E-state index in [2.05, 4.69) is 48.4 Å². The highest BCUT2D eigenvalue weighted by molar-refractivity contribution is 8.18. The number of benzene rings is 3. The SMILES string of the molecule is CC(C)c1ccc(COc2ccc(C=C3SC(Nc4ccc(CN5CC(=O)NS5(=O)=O)cc4)=NC3=O)cc2)cc1. The molecule has 3 aromatic rings. The summed E-state index contributed by atoms with van der Waals surface area (Å²) in [6.07, 6.45) is 1.79. The highest BCUT2D eigenvalue weighted by atomic mass is 32.2. The Hall–Kier alpha value is -3.93. The molecule has 5 rings (SSSR count). The van der Waals surface area contributed by atoms with Crippen LogP contribution in [-0.2, 0) is 33.0 Å². The molecule has 3 aromatic carbocycles. The smallest absolute Gasteiger partial charge is 0.304 e. The molecule has 2 heterocycles. The van der Waals surface area contributed by atoms with Crippen LogP contribution in [-0.4, -0.2) is 36.2 Å². The molecule has 2 N–H and O–H groups in total. The molecule has 206 valence electrons. The summed E-state index contributed by atoms with van der Waals surface area (Å²) in [5, 5.41) is 3.56. The molecular formula is C29H28N4O5S2. The average Bonchev–Trinajstić information content (AvgIpc) is 3.40. The number of carbonyl (C=O) groups is 2. The lowest BCUT2D eigenvalue weighted by Gasteiger charge is -2.12. The molecule has 0 aromatic heterocycles. The number of thioether (sulfide) groups is 1. The maximum Gasteiger partial charge on any atom is 0.304 e. The number of nitrogens with zero attached hydrogens (tertiary/aromatic N) is 2. The summed E-state index contributed by atoms with van der Waals surface area (Å²) in [6, 6.07) is 23.0. The van der Waals surface area contributed by atoms with Gasteiger partial charge in [-0.3, -0.25) is 9.59 Å². The topological polar surface area (TPSA) is 117 Å². The molecule has 0 saturated carbocycles. The lowest BCUT2D eigenvalue weighted by Crippen LogP contribution is -2.29. The first-order valence-corrected chi connectivity index (χ1v) is 14.9. The summed E-state index contributed by atoms with van der Waals surface area (Å²) in [4.78, 5) is 28.5. The first kappa shape index (κ1) is 27.6. The minimum absolute atomic E-state index is 0.0810. The zero-order chi connectivity index (χ0) is 28.3. The Morgan fingerprint density at radius 1 is 1.00 bits per heavy atom. The van der Waals surface area contributed by atoms with Gasteiger partial charge in [0.2, 0.25) is 5.91 Å². The molecule has 0 radical (unpaired) electrons. The van der Waals surface area contributed by atoms with Crippen LogP contribution >= 0.6 is 11.8 Å². The molecule has 9 nitrogen and oxygen atoms in total. The number of carbonyl (C=O) groups excluding carboxylic acids is 2. The van der Waals surface area contributed by atoms with Gasteiger partial charge in [0.15, 0.2) is 5.17 Å². The second-order valence-electron chi connectivity index (χ2n) is 9.71. The monoisotopic (exact) mass is 576 g/mol. The van der Waals surface area contributed by atoms with Crippen LogP contribution in [0.25, 0.3) is 6.08 Å². The van der Waals surface area contributed by atoms with Crippen LogP contribution < -0.4 is 14.8 Å². The van der Waals surface area contributed by atoms with Crippen molar-refractivity contribution in [3.8, 4) is 5.75 Å². The molecular weight excluding hydrogens is 548 g/mol. The quantitative estimate of drug-likeness (QED) is 0.375. The molecule has 40 heavy (non-hydrogen) atoms. The van der Waals surface area contributed by atoms with Crippen molar-refractivity contribution in [3.63, 3.8) is 0 Å². The van der Waals surface area contributed by atoms with E-state index in [0.717, 1.165) is 26.7 Å². The van der Waals surface area contributed by atoms with Crippen LogP contribution in [0.1, 0.15) is 42.0 Å². The van der Waals surface area contributed by atoms with E-state index in [1.165, 1.54) is 17.3 Å². The van der Waals surface area contributed by atoms with Gasteiger partial charge in [0.25, 0.3) is 5.91 Å². The van der Waals surface area contributed by atoms with Crippen LogP contribution in [0.3, 0.4) is 0 Å². The fourth-order valence-corrected chi connectivity index (χ4v) is 6.01. The second-order valence-corrected chi connectivity index (χ2v) is 12.4. The van der Waals surface area contributed by atoms with E-state index < -0.39 is 16.1 Å². The minimum atomic E-state index is -3.78. The molecule has 2 amide bonds. The Kier molecular flexibility index (Phi) is 8.06. The van der Waals surface area contributed by atoms with Gasteiger partial charge in [-0.1, -0.05) is 62.4 Å². The van der Waals surface area contributed by atoms with Crippen LogP contribution in [0.5, 0.6) is 5.75 Å². The van der Waals surface area contributed by atoms with Gasteiger partial charge in [0.05, 0.1) is 11.4 Å². The van der Waals surface area contributed by atoms with Crippen molar-refractivity contribution >= 4 is 50.7 Å². The molecule has 1 saturated heterocycles. The Bertz CT molecular complexity index is 1580. The molecule has 1 fully saturated rings. The number of amidine groups is 1. The van der Waals surface area contributed by atoms with Crippen LogP contribution in [0.15, 0.2) is 82.7 Å². The van der Waals surface area contributed by atoms with Crippen LogP contribution in [0, 0.1) is 0 Å². The van der Waals surface area contributed by atoms with Crippen molar-refractivity contribution < 1.29 is 22.7 Å². The van der Waals surface area contributed by atoms with E-state index in [1.54, 1.807) is 30.3 Å². The number of amides is 2. The fourth-order valence-electron chi connectivity index (χ4n) is 4.09.